The monoisotopic (exact) mass is 238 g/mol. The lowest BCUT2D eigenvalue weighted by Gasteiger charge is -2.18. The Kier molecular flexibility index (Phi) is 3.65. The first-order chi connectivity index (χ1) is 7.90. The van der Waals surface area contributed by atoms with Gasteiger partial charge in [0.2, 0.25) is 0 Å². The van der Waals surface area contributed by atoms with Gasteiger partial charge in [0.1, 0.15) is 0 Å². The van der Waals surface area contributed by atoms with Crippen molar-refractivity contribution in [3.05, 3.63) is 29.3 Å². The molecule has 0 aromatic heterocycles. The van der Waals surface area contributed by atoms with Crippen LogP contribution in [0.5, 0.6) is 0 Å². The maximum absolute atomic E-state index is 12.7. The number of hydrogen-bond donors (Lipinski definition) is 0. The van der Waals surface area contributed by atoms with E-state index in [1.54, 1.807) is 7.05 Å². The number of anilines is 1. The van der Waals surface area contributed by atoms with E-state index in [0.29, 0.717) is 5.69 Å². The Bertz CT molecular complexity index is 492. The van der Waals surface area contributed by atoms with Crippen molar-refractivity contribution in [2.45, 2.75) is 6.18 Å². The summed E-state index contributed by atoms with van der Waals surface area (Å²) in [5.41, 5.74) is -1.01. The van der Waals surface area contributed by atoms with Crippen LogP contribution in [-0.2, 0) is 6.18 Å². The molecule has 0 aliphatic carbocycles. The van der Waals surface area contributed by atoms with Gasteiger partial charge in [-0.15, -0.1) is 6.42 Å². The van der Waals surface area contributed by atoms with Gasteiger partial charge < -0.3 is 4.90 Å². The van der Waals surface area contributed by atoms with E-state index >= 15 is 0 Å². The van der Waals surface area contributed by atoms with Crippen molar-refractivity contribution in [2.75, 3.05) is 18.5 Å². The van der Waals surface area contributed by atoms with Gasteiger partial charge >= 0.3 is 6.18 Å². The third kappa shape index (κ3) is 2.92. The molecular weight excluding hydrogens is 229 g/mol. The van der Waals surface area contributed by atoms with Crippen molar-refractivity contribution in [1.82, 2.24) is 0 Å². The number of nitriles is 1. The van der Waals surface area contributed by atoms with Crippen molar-refractivity contribution in [2.24, 2.45) is 0 Å². The van der Waals surface area contributed by atoms with Crippen LogP contribution in [0.3, 0.4) is 0 Å². The summed E-state index contributed by atoms with van der Waals surface area (Å²) < 4.78 is 38.0. The molecule has 1 rings (SSSR count). The van der Waals surface area contributed by atoms with Crippen LogP contribution in [0.2, 0.25) is 0 Å². The highest BCUT2D eigenvalue weighted by atomic mass is 19.4. The Morgan fingerprint density at radius 2 is 2.06 bits per heavy atom. The molecule has 0 N–H and O–H groups in total. The first-order valence-electron chi connectivity index (χ1n) is 4.66. The number of hydrogen-bond acceptors (Lipinski definition) is 2. The number of halogens is 3. The SMILES string of the molecule is C#CCN(C)c1ccc(C#N)c(C(F)(F)F)c1. The average molecular weight is 238 g/mol. The van der Waals surface area contributed by atoms with Gasteiger partial charge in [-0.25, -0.2) is 0 Å². The third-order valence-electron chi connectivity index (χ3n) is 2.20. The summed E-state index contributed by atoms with van der Waals surface area (Å²) in [6.45, 7) is 0.198. The Labute approximate surface area is 97.3 Å². The molecule has 88 valence electrons. The molecule has 0 saturated heterocycles. The van der Waals surface area contributed by atoms with Crippen LogP contribution in [-0.4, -0.2) is 13.6 Å². The molecular formula is C12H9F3N2. The standard InChI is InChI=1S/C12H9F3N2/c1-3-6-17(2)10-5-4-9(8-16)11(7-10)12(13,14)15/h1,4-5,7H,6H2,2H3. The van der Waals surface area contributed by atoms with Gasteiger partial charge in [0.05, 0.1) is 23.7 Å². The quantitative estimate of drug-likeness (QED) is 0.740. The highest BCUT2D eigenvalue weighted by Crippen LogP contribution is 2.34. The summed E-state index contributed by atoms with van der Waals surface area (Å²) >= 11 is 0. The second-order valence-electron chi connectivity index (χ2n) is 3.40. The fourth-order valence-corrected chi connectivity index (χ4v) is 1.33. The first kappa shape index (κ1) is 12.9. The van der Waals surface area contributed by atoms with Crippen LogP contribution in [0.25, 0.3) is 0 Å². The lowest BCUT2D eigenvalue weighted by molar-refractivity contribution is -0.137. The average Bonchev–Trinajstić information content (AvgIpc) is 2.27. The normalized spacial score (nSPS) is 10.5. The number of benzene rings is 1. The smallest absolute Gasteiger partial charge is 0.363 e. The topological polar surface area (TPSA) is 27.0 Å². The maximum Gasteiger partial charge on any atom is 0.417 e. The fraction of sp³-hybridized carbons (Fsp3) is 0.250. The Balaban J connectivity index is 3.25. The van der Waals surface area contributed by atoms with Crippen LogP contribution < -0.4 is 4.90 Å². The minimum Gasteiger partial charge on any atom is -0.363 e. The summed E-state index contributed by atoms with van der Waals surface area (Å²) in [5, 5.41) is 8.62. The Morgan fingerprint density at radius 1 is 1.41 bits per heavy atom. The van der Waals surface area contributed by atoms with Crippen molar-refractivity contribution in [1.29, 1.82) is 5.26 Å². The van der Waals surface area contributed by atoms with Gasteiger partial charge in [0.15, 0.2) is 0 Å². The van der Waals surface area contributed by atoms with Crippen LogP contribution in [0.1, 0.15) is 11.1 Å². The molecule has 0 bridgehead atoms. The molecule has 0 amide bonds. The van der Waals surface area contributed by atoms with Gasteiger partial charge in [0, 0.05) is 12.7 Å². The van der Waals surface area contributed by atoms with E-state index in [1.165, 1.54) is 17.0 Å². The van der Waals surface area contributed by atoms with Crippen molar-refractivity contribution < 1.29 is 13.2 Å². The van der Waals surface area contributed by atoms with E-state index in [-0.39, 0.29) is 6.54 Å². The van der Waals surface area contributed by atoms with Gasteiger partial charge in [-0.2, -0.15) is 18.4 Å². The largest absolute Gasteiger partial charge is 0.417 e. The molecule has 0 fully saturated rings. The summed E-state index contributed by atoms with van der Waals surface area (Å²) in [7, 11) is 1.58. The minimum absolute atomic E-state index is 0.198. The highest BCUT2D eigenvalue weighted by Gasteiger charge is 2.34. The highest BCUT2D eigenvalue weighted by molar-refractivity contribution is 5.54. The van der Waals surface area contributed by atoms with Gasteiger partial charge in [0.25, 0.3) is 0 Å². The summed E-state index contributed by atoms with van der Waals surface area (Å²) in [6, 6.07) is 5.03. The lowest BCUT2D eigenvalue weighted by Crippen LogP contribution is -2.18. The van der Waals surface area contributed by atoms with Crippen molar-refractivity contribution in [3.63, 3.8) is 0 Å². The lowest BCUT2D eigenvalue weighted by atomic mass is 10.1. The molecule has 0 aliphatic rings. The van der Waals surface area contributed by atoms with Gasteiger partial charge in [-0.3, -0.25) is 0 Å². The molecule has 1 aromatic carbocycles. The Hall–Kier alpha value is -2.14. The van der Waals surface area contributed by atoms with Gasteiger partial charge in [-0.1, -0.05) is 5.92 Å². The zero-order valence-corrected chi connectivity index (χ0v) is 9.04. The molecule has 0 spiro atoms. The molecule has 1 aromatic rings. The molecule has 0 aliphatic heterocycles. The maximum atomic E-state index is 12.7. The van der Waals surface area contributed by atoms with E-state index < -0.39 is 17.3 Å². The third-order valence-corrected chi connectivity index (χ3v) is 2.20. The van der Waals surface area contributed by atoms with E-state index in [0.717, 1.165) is 12.1 Å². The molecule has 0 atom stereocenters. The zero-order valence-electron chi connectivity index (χ0n) is 9.04. The molecule has 0 heterocycles. The van der Waals surface area contributed by atoms with E-state index in [1.807, 2.05) is 0 Å². The second-order valence-corrected chi connectivity index (χ2v) is 3.40. The predicted molar refractivity (Wildman–Crippen MR) is 58.3 cm³/mol. The predicted octanol–water partition coefficient (Wildman–Crippen LogP) is 2.65. The number of nitrogens with zero attached hydrogens (tertiary/aromatic N) is 2. The Morgan fingerprint density at radius 3 is 2.53 bits per heavy atom. The van der Waals surface area contributed by atoms with Gasteiger partial charge in [-0.05, 0) is 18.2 Å². The minimum atomic E-state index is -4.54. The molecule has 0 unspecified atom stereocenters. The summed E-state index contributed by atoms with van der Waals surface area (Å²) in [4.78, 5) is 1.50. The van der Waals surface area contributed by atoms with Crippen LogP contribution >= 0.6 is 0 Å². The summed E-state index contributed by atoms with van der Waals surface area (Å²) in [5.74, 6) is 2.33. The number of terminal acetylenes is 1. The molecule has 0 saturated carbocycles. The van der Waals surface area contributed by atoms with Crippen LogP contribution in [0.4, 0.5) is 18.9 Å². The zero-order chi connectivity index (χ0) is 13.1. The molecule has 2 nitrogen and oxygen atoms in total. The molecule has 17 heavy (non-hydrogen) atoms. The molecule has 0 radical (unpaired) electrons. The second kappa shape index (κ2) is 4.80. The molecule has 5 heteroatoms. The van der Waals surface area contributed by atoms with Crippen molar-refractivity contribution >= 4 is 5.69 Å². The number of rotatable bonds is 2. The van der Waals surface area contributed by atoms with Crippen LogP contribution in [0, 0.1) is 23.7 Å². The van der Waals surface area contributed by atoms with E-state index in [2.05, 4.69) is 5.92 Å². The fourth-order valence-electron chi connectivity index (χ4n) is 1.33. The van der Waals surface area contributed by atoms with Crippen molar-refractivity contribution in [3.8, 4) is 18.4 Å². The summed E-state index contributed by atoms with van der Waals surface area (Å²) in [6.07, 6.45) is 0.537. The van der Waals surface area contributed by atoms with E-state index in [9.17, 15) is 13.2 Å². The van der Waals surface area contributed by atoms with E-state index in [4.69, 9.17) is 11.7 Å². The number of alkyl halides is 3. The first-order valence-corrected chi connectivity index (χ1v) is 4.66. The van der Waals surface area contributed by atoms with Crippen LogP contribution in [0.15, 0.2) is 18.2 Å².